The van der Waals surface area contributed by atoms with Crippen molar-refractivity contribution < 1.29 is 26.5 Å². The molecule has 1 aromatic heterocycles. The molecule has 0 aliphatic carbocycles. The van der Waals surface area contributed by atoms with Crippen LogP contribution in [0.1, 0.15) is 22.9 Å². The van der Waals surface area contributed by atoms with Gasteiger partial charge < -0.3 is 0 Å². The minimum atomic E-state index is -4.68. The number of nitro groups is 1. The molecule has 13 heteroatoms. The molecule has 0 aliphatic heterocycles. The highest BCUT2D eigenvalue weighted by atomic mass is 79.9. The molecule has 2 aromatic carbocycles. The maximum atomic E-state index is 13.1. The van der Waals surface area contributed by atoms with Gasteiger partial charge in [-0.05, 0) is 41.5 Å². The number of rotatable bonds is 6. The van der Waals surface area contributed by atoms with E-state index in [1.54, 1.807) is 0 Å². The first-order valence-electron chi connectivity index (χ1n) is 8.63. The molecule has 0 radical (unpaired) electrons. The van der Waals surface area contributed by atoms with Gasteiger partial charge in [-0.2, -0.15) is 17.9 Å². The lowest BCUT2D eigenvalue weighted by Gasteiger charge is -2.20. The zero-order valence-electron chi connectivity index (χ0n) is 15.7. The third-order valence-electron chi connectivity index (χ3n) is 4.29. The summed E-state index contributed by atoms with van der Waals surface area (Å²) < 4.78 is 67.4. The molecule has 1 heterocycles. The quantitative estimate of drug-likeness (QED) is 0.323. The van der Waals surface area contributed by atoms with Crippen molar-refractivity contribution >= 4 is 43.2 Å². The van der Waals surface area contributed by atoms with E-state index in [9.17, 15) is 31.7 Å². The maximum absolute atomic E-state index is 13.1. The summed E-state index contributed by atoms with van der Waals surface area (Å²) in [4.78, 5) is 13.3. The Balaban J connectivity index is 2.10. The van der Waals surface area contributed by atoms with Gasteiger partial charge in [-0.25, -0.2) is 8.42 Å². The summed E-state index contributed by atoms with van der Waals surface area (Å²) in [5.41, 5.74) is -1.40. The van der Waals surface area contributed by atoms with Crippen LogP contribution in [0.5, 0.6) is 0 Å². The van der Waals surface area contributed by atoms with Crippen LogP contribution < -0.4 is 4.72 Å². The highest BCUT2D eigenvalue weighted by molar-refractivity contribution is 9.10. The Hall–Kier alpha value is -2.54. The van der Waals surface area contributed by atoms with Gasteiger partial charge in [0.2, 0.25) is 10.0 Å². The minimum Gasteiger partial charge on any atom is -0.258 e. The molecule has 3 rings (SSSR count). The summed E-state index contributed by atoms with van der Waals surface area (Å²) in [6.07, 6.45) is -3.79. The second-order valence-electron chi connectivity index (χ2n) is 6.45. The first kappa shape index (κ1) is 24.1. The number of aromatic nitrogens is 1. The molecule has 7 nitrogen and oxygen atoms in total. The lowest BCUT2D eigenvalue weighted by Crippen LogP contribution is -2.30. The zero-order chi connectivity index (χ0) is 23.7. The fourth-order valence-electron chi connectivity index (χ4n) is 2.80. The van der Waals surface area contributed by atoms with E-state index in [4.69, 9.17) is 11.6 Å². The van der Waals surface area contributed by atoms with Crippen LogP contribution in [0.3, 0.4) is 0 Å². The highest BCUT2D eigenvalue weighted by Gasteiger charge is 2.33. The lowest BCUT2D eigenvalue weighted by atomic mass is 10.0. The van der Waals surface area contributed by atoms with Crippen molar-refractivity contribution in [3.8, 4) is 0 Å². The molecule has 0 amide bonds. The highest BCUT2D eigenvalue weighted by Crippen LogP contribution is 2.32. The number of hydrogen-bond acceptors (Lipinski definition) is 5. The van der Waals surface area contributed by atoms with E-state index in [1.165, 1.54) is 30.3 Å². The van der Waals surface area contributed by atoms with E-state index < -0.39 is 43.4 Å². The predicted molar refractivity (Wildman–Crippen MR) is 114 cm³/mol. The van der Waals surface area contributed by atoms with E-state index in [-0.39, 0.29) is 10.0 Å². The molecule has 1 unspecified atom stereocenters. The fourth-order valence-corrected chi connectivity index (χ4v) is 4.85. The van der Waals surface area contributed by atoms with Gasteiger partial charge in [-0.3, -0.25) is 15.1 Å². The SMILES string of the molecule is O=[N+]([O-])c1ccc(Br)cc1S(=O)(=O)NC(c1ccc(Cl)cc1)c1ccc(C(F)(F)F)nc1. The Kier molecular flexibility index (Phi) is 6.89. The van der Waals surface area contributed by atoms with Crippen molar-refractivity contribution in [3.63, 3.8) is 0 Å². The molecule has 0 bridgehead atoms. The smallest absolute Gasteiger partial charge is 0.258 e. The van der Waals surface area contributed by atoms with Gasteiger partial charge in [-0.1, -0.05) is 45.7 Å². The Labute approximate surface area is 193 Å². The summed E-state index contributed by atoms with van der Waals surface area (Å²) in [5, 5.41) is 11.7. The first-order valence-corrected chi connectivity index (χ1v) is 11.3. The van der Waals surface area contributed by atoms with Crippen LogP contribution in [-0.2, 0) is 16.2 Å². The van der Waals surface area contributed by atoms with Gasteiger partial charge >= 0.3 is 6.18 Å². The average Bonchev–Trinajstić information content (AvgIpc) is 2.72. The van der Waals surface area contributed by atoms with E-state index in [0.29, 0.717) is 16.7 Å². The van der Waals surface area contributed by atoms with Crippen LogP contribution in [0.4, 0.5) is 18.9 Å². The van der Waals surface area contributed by atoms with Gasteiger partial charge in [-0.15, -0.1) is 0 Å². The zero-order valence-corrected chi connectivity index (χ0v) is 18.8. The van der Waals surface area contributed by atoms with Crippen LogP contribution in [0.25, 0.3) is 0 Å². The van der Waals surface area contributed by atoms with Crippen molar-refractivity contribution in [3.05, 3.63) is 97.2 Å². The van der Waals surface area contributed by atoms with Crippen LogP contribution in [0.15, 0.2) is 70.2 Å². The maximum Gasteiger partial charge on any atom is 0.433 e. The number of benzene rings is 2. The van der Waals surface area contributed by atoms with E-state index in [2.05, 4.69) is 25.6 Å². The van der Waals surface area contributed by atoms with Gasteiger partial charge in [0.1, 0.15) is 5.69 Å². The second kappa shape index (κ2) is 9.14. The van der Waals surface area contributed by atoms with Crippen molar-refractivity contribution in [1.29, 1.82) is 0 Å². The molecule has 0 saturated heterocycles. The standard InChI is InChI=1S/C19H12BrClF3N3O4S/c20-13-4-7-15(27(28)29)16(9-13)32(30,31)26-18(11-1-5-14(21)6-2-11)12-3-8-17(25-10-12)19(22,23)24/h1-10,18,26H. The molecule has 1 atom stereocenters. The Morgan fingerprint density at radius 2 is 1.69 bits per heavy atom. The molecule has 0 saturated carbocycles. The van der Waals surface area contributed by atoms with Crippen molar-refractivity contribution in [2.75, 3.05) is 0 Å². The van der Waals surface area contributed by atoms with Crippen LogP contribution in [0, 0.1) is 10.1 Å². The van der Waals surface area contributed by atoms with Crippen LogP contribution in [-0.4, -0.2) is 18.3 Å². The van der Waals surface area contributed by atoms with Crippen LogP contribution >= 0.6 is 27.5 Å². The molecular formula is C19H12BrClF3N3O4S. The van der Waals surface area contributed by atoms with Gasteiger partial charge in [0.05, 0.1) is 11.0 Å². The third-order valence-corrected chi connectivity index (χ3v) is 6.49. The first-order chi connectivity index (χ1) is 14.9. The number of hydrogen-bond donors (Lipinski definition) is 1. The summed E-state index contributed by atoms with van der Waals surface area (Å²) in [6.45, 7) is 0. The van der Waals surface area contributed by atoms with Gasteiger partial charge in [0, 0.05) is 21.8 Å². The summed E-state index contributed by atoms with van der Waals surface area (Å²) in [6, 6.07) is 9.87. The van der Waals surface area contributed by atoms with Gasteiger partial charge in [0.15, 0.2) is 4.90 Å². The third kappa shape index (κ3) is 5.44. The number of nitrogens with one attached hydrogen (secondary N) is 1. The van der Waals surface area contributed by atoms with Crippen LogP contribution in [0.2, 0.25) is 5.02 Å². The fraction of sp³-hybridized carbons (Fsp3) is 0.105. The Morgan fingerprint density at radius 3 is 2.22 bits per heavy atom. The number of sulfonamides is 1. The number of halogens is 5. The Morgan fingerprint density at radius 1 is 1.06 bits per heavy atom. The predicted octanol–water partition coefficient (Wildman–Crippen LogP) is 5.49. The second-order valence-corrected chi connectivity index (χ2v) is 9.48. The minimum absolute atomic E-state index is 0.0848. The Bertz CT molecular complexity index is 1250. The molecule has 0 spiro atoms. The van der Waals surface area contributed by atoms with E-state index in [1.807, 2.05) is 0 Å². The largest absolute Gasteiger partial charge is 0.433 e. The van der Waals surface area contributed by atoms with Crippen molar-refractivity contribution in [2.45, 2.75) is 17.1 Å². The van der Waals surface area contributed by atoms with Gasteiger partial charge in [0.25, 0.3) is 5.69 Å². The summed E-state index contributed by atoms with van der Waals surface area (Å²) >= 11 is 8.96. The number of nitrogens with zero attached hydrogens (tertiary/aromatic N) is 2. The molecule has 0 fully saturated rings. The van der Waals surface area contributed by atoms with E-state index in [0.717, 1.165) is 24.4 Å². The normalized spacial score (nSPS) is 13.0. The lowest BCUT2D eigenvalue weighted by molar-refractivity contribution is -0.387. The molecular weight excluding hydrogens is 539 g/mol. The summed E-state index contributed by atoms with van der Waals surface area (Å²) in [7, 11) is -4.51. The van der Waals surface area contributed by atoms with Crippen molar-refractivity contribution in [1.82, 2.24) is 9.71 Å². The number of alkyl halides is 3. The molecule has 0 aliphatic rings. The topological polar surface area (TPSA) is 102 Å². The van der Waals surface area contributed by atoms with Crippen molar-refractivity contribution in [2.24, 2.45) is 0 Å². The molecule has 1 N–H and O–H groups in total. The number of nitro benzene ring substituents is 1. The number of pyridine rings is 1. The summed E-state index contributed by atoms with van der Waals surface area (Å²) in [5.74, 6) is 0. The van der Waals surface area contributed by atoms with E-state index >= 15 is 0 Å². The molecule has 3 aromatic rings. The molecule has 32 heavy (non-hydrogen) atoms. The molecule has 168 valence electrons. The average molecular weight is 551 g/mol. The monoisotopic (exact) mass is 549 g/mol.